The fourth-order valence-corrected chi connectivity index (χ4v) is 5.38. The van der Waals surface area contributed by atoms with Crippen LogP contribution in [0.5, 0.6) is 0 Å². The quantitative estimate of drug-likeness (QED) is 0.187. The Morgan fingerprint density at radius 2 is 1.43 bits per heavy atom. The Labute approximate surface area is 294 Å². The van der Waals surface area contributed by atoms with Gasteiger partial charge in [-0.1, -0.05) is 88.9 Å². The van der Waals surface area contributed by atoms with Crippen LogP contribution in [0.15, 0.2) is 61.2 Å². The number of hydrogen-bond acceptors (Lipinski definition) is 6. The van der Waals surface area contributed by atoms with E-state index in [9.17, 15) is 19.2 Å². The van der Waals surface area contributed by atoms with Crippen molar-refractivity contribution in [2.75, 3.05) is 0 Å². The Hall–Kier alpha value is -4.14. The van der Waals surface area contributed by atoms with Gasteiger partial charge in [0.15, 0.2) is 0 Å². The largest absolute Gasteiger partial charge is 0.458 e. The van der Waals surface area contributed by atoms with Crippen LogP contribution < -0.4 is 10.6 Å². The van der Waals surface area contributed by atoms with E-state index in [-0.39, 0.29) is 12.3 Å². The first-order chi connectivity index (χ1) is 22.7. The summed E-state index contributed by atoms with van der Waals surface area (Å²) in [6.07, 6.45) is 2.54. The number of amides is 3. The molecule has 2 rings (SSSR count). The molecule has 0 heterocycles. The number of hydrogen-bond donors (Lipinski definition) is 2. The first kappa shape index (κ1) is 41.0. The van der Waals surface area contributed by atoms with Crippen molar-refractivity contribution in [3.8, 4) is 0 Å². The van der Waals surface area contributed by atoms with Gasteiger partial charge in [0.25, 0.3) is 0 Å². The summed E-state index contributed by atoms with van der Waals surface area (Å²) in [4.78, 5) is 57.7. The van der Waals surface area contributed by atoms with Gasteiger partial charge in [-0.3, -0.25) is 9.59 Å². The lowest BCUT2D eigenvalue weighted by Crippen LogP contribution is -2.58. The maximum absolute atomic E-state index is 14.8. The number of rotatable bonds is 15. The molecule has 0 aliphatic rings. The van der Waals surface area contributed by atoms with E-state index in [0.717, 1.165) is 17.5 Å². The number of nitrogens with one attached hydrogen (secondary N) is 2. The molecule has 0 spiro atoms. The Balaban J connectivity index is 2.74. The highest BCUT2D eigenvalue weighted by molar-refractivity contribution is 5.94. The summed E-state index contributed by atoms with van der Waals surface area (Å²) in [7, 11) is 0. The molecule has 2 aromatic rings. The molecule has 0 fully saturated rings. The summed E-state index contributed by atoms with van der Waals surface area (Å²) >= 11 is 0. The number of ether oxygens (including phenoxy) is 2. The zero-order chi connectivity index (χ0) is 37.1. The summed E-state index contributed by atoms with van der Waals surface area (Å²) in [6, 6.07) is 13.0. The van der Waals surface area contributed by atoms with E-state index in [4.69, 9.17) is 9.47 Å². The summed E-state index contributed by atoms with van der Waals surface area (Å²) < 4.78 is 11.3. The Kier molecular flexibility index (Phi) is 15.1. The first-order valence-corrected chi connectivity index (χ1v) is 17.3. The lowest BCUT2D eigenvalue weighted by atomic mass is 9.94. The second-order valence-electron chi connectivity index (χ2n) is 15.5. The fraction of sp³-hybridized carbons (Fsp3) is 0.550. The average molecular weight is 678 g/mol. The summed E-state index contributed by atoms with van der Waals surface area (Å²) in [5, 5.41) is 5.76. The summed E-state index contributed by atoms with van der Waals surface area (Å²) in [6.45, 7) is 24.3. The third kappa shape index (κ3) is 13.7. The molecule has 0 saturated heterocycles. The van der Waals surface area contributed by atoms with E-state index in [1.165, 1.54) is 0 Å². The standard InChI is InChI=1S/C40H59N3O6/c1-13-29-20-17-21-31(24-29)34(35(44)41-32(37(46)48-39(7,8)9)25-30-18-15-14-16-19-30)43(28(6)23-22-26(2)3)36(45)33(27(4)5)42-38(47)49-40(10,11)12/h13-21,24,26-28,32-34H,1,22-23,25H2,2-12H3,(H,41,44)(H,42,47). The molecule has 0 bridgehead atoms. The minimum Gasteiger partial charge on any atom is -0.458 e. The molecule has 3 amide bonds. The predicted octanol–water partition coefficient (Wildman–Crippen LogP) is 7.64. The number of alkyl carbamates (subject to hydrolysis) is 1. The maximum Gasteiger partial charge on any atom is 0.408 e. The van der Waals surface area contributed by atoms with Crippen LogP contribution in [-0.4, -0.2) is 58.1 Å². The third-order valence-electron chi connectivity index (χ3n) is 7.78. The van der Waals surface area contributed by atoms with Gasteiger partial charge < -0.3 is 25.0 Å². The fourth-order valence-electron chi connectivity index (χ4n) is 5.38. The average Bonchev–Trinajstić information content (AvgIpc) is 2.99. The van der Waals surface area contributed by atoms with Crippen LogP contribution in [0.3, 0.4) is 0 Å². The molecule has 4 atom stereocenters. The number of esters is 1. The zero-order valence-corrected chi connectivity index (χ0v) is 31.5. The molecule has 2 aromatic carbocycles. The van der Waals surface area contributed by atoms with Gasteiger partial charge in [0.1, 0.15) is 29.3 Å². The second-order valence-corrected chi connectivity index (χ2v) is 15.5. The van der Waals surface area contributed by atoms with E-state index in [2.05, 4.69) is 31.1 Å². The monoisotopic (exact) mass is 677 g/mol. The van der Waals surface area contributed by atoms with E-state index in [1.807, 2.05) is 69.3 Å². The van der Waals surface area contributed by atoms with E-state index in [0.29, 0.717) is 17.9 Å². The van der Waals surface area contributed by atoms with E-state index >= 15 is 0 Å². The first-order valence-electron chi connectivity index (χ1n) is 17.3. The van der Waals surface area contributed by atoms with Crippen molar-refractivity contribution in [1.29, 1.82) is 0 Å². The van der Waals surface area contributed by atoms with E-state index < -0.39 is 59.2 Å². The molecule has 0 aromatic heterocycles. The molecule has 2 N–H and O–H groups in total. The number of carbonyl (C=O) groups excluding carboxylic acids is 4. The van der Waals surface area contributed by atoms with Crippen LogP contribution in [0, 0.1) is 11.8 Å². The maximum atomic E-state index is 14.8. The Morgan fingerprint density at radius 3 is 1.96 bits per heavy atom. The van der Waals surface area contributed by atoms with Gasteiger partial charge in [-0.25, -0.2) is 9.59 Å². The second kappa shape index (κ2) is 18.0. The van der Waals surface area contributed by atoms with Crippen molar-refractivity contribution in [2.24, 2.45) is 11.8 Å². The van der Waals surface area contributed by atoms with Gasteiger partial charge in [0, 0.05) is 12.5 Å². The SMILES string of the molecule is C=Cc1cccc(C(C(=O)NC(Cc2ccccc2)C(=O)OC(C)(C)C)N(C(=O)C(NC(=O)OC(C)(C)C)C(C)C)C(C)CCC(C)C)c1. The van der Waals surface area contributed by atoms with Gasteiger partial charge in [-0.2, -0.15) is 0 Å². The molecule has 270 valence electrons. The number of carbonyl (C=O) groups is 4. The van der Waals surface area contributed by atoms with Gasteiger partial charge in [-0.05, 0) is 95.9 Å². The van der Waals surface area contributed by atoms with Crippen molar-refractivity contribution >= 4 is 30.0 Å². The van der Waals surface area contributed by atoms with Gasteiger partial charge in [0.2, 0.25) is 11.8 Å². The van der Waals surface area contributed by atoms with Gasteiger partial charge >= 0.3 is 12.1 Å². The number of nitrogens with zero attached hydrogens (tertiary/aromatic N) is 1. The molecular weight excluding hydrogens is 618 g/mol. The van der Waals surface area contributed by atoms with Crippen LogP contribution in [0.2, 0.25) is 0 Å². The summed E-state index contributed by atoms with van der Waals surface area (Å²) in [5.41, 5.74) is 0.574. The highest BCUT2D eigenvalue weighted by Crippen LogP contribution is 2.30. The Morgan fingerprint density at radius 1 is 0.816 bits per heavy atom. The normalized spacial score (nSPS) is 14.3. The lowest BCUT2D eigenvalue weighted by Gasteiger charge is -2.40. The molecule has 9 nitrogen and oxygen atoms in total. The smallest absolute Gasteiger partial charge is 0.408 e. The molecule has 0 radical (unpaired) electrons. The van der Waals surface area contributed by atoms with Crippen LogP contribution in [0.25, 0.3) is 6.08 Å². The van der Waals surface area contributed by atoms with Crippen LogP contribution in [0.4, 0.5) is 4.79 Å². The predicted molar refractivity (Wildman–Crippen MR) is 196 cm³/mol. The van der Waals surface area contributed by atoms with Crippen LogP contribution in [0.1, 0.15) is 112 Å². The molecule has 0 aliphatic heterocycles. The molecule has 0 saturated carbocycles. The minimum atomic E-state index is -1.16. The molecule has 9 heteroatoms. The topological polar surface area (TPSA) is 114 Å². The van der Waals surface area contributed by atoms with Crippen molar-refractivity contribution in [2.45, 2.75) is 131 Å². The van der Waals surface area contributed by atoms with Crippen molar-refractivity contribution in [3.05, 3.63) is 77.9 Å². The lowest BCUT2D eigenvalue weighted by molar-refractivity contribution is -0.159. The van der Waals surface area contributed by atoms with Gasteiger partial charge in [-0.15, -0.1) is 0 Å². The van der Waals surface area contributed by atoms with Crippen LogP contribution >= 0.6 is 0 Å². The van der Waals surface area contributed by atoms with Gasteiger partial charge in [0.05, 0.1) is 0 Å². The highest BCUT2D eigenvalue weighted by Gasteiger charge is 2.41. The van der Waals surface area contributed by atoms with Crippen molar-refractivity contribution in [3.63, 3.8) is 0 Å². The molecular formula is C40H59N3O6. The Bertz CT molecular complexity index is 1410. The van der Waals surface area contributed by atoms with Crippen LogP contribution in [-0.2, 0) is 30.3 Å². The van der Waals surface area contributed by atoms with Crippen molar-refractivity contribution < 1.29 is 28.7 Å². The third-order valence-corrected chi connectivity index (χ3v) is 7.78. The van der Waals surface area contributed by atoms with E-state index in [1.54, 1.807) is 58.6 Å². The highest BCUT2D eigenvalue weighted by atomic mass is 16.6. The number of benzene rings is 2. The molecule has 49 heavy (non-hydrogen) atoms. The summed E-state index contributed by atoms with van der Waals surface area (Å²) in [5.74, 6) is -1.55. The zero-order valence-electron chi connectivity index (χ0n) is 31.5. The minimum absolute atomic E-state index is 0.187. The molecule has 0 aliphatic carbocycles. The molecule has 4 unspecified atom stereocenters. The van der Waals surface area contributed by atoms with Crippen molar-refractivity contribution in [1.82, 2.24) is 15.5 Å².